The Labute approximate surface area is 94.3 Å². The van der Waals surface area contributed by atoms with Gasteiger partial charge in [-0.1, -0.05) is 25.4 Å². The van der Waals surface area contributed by atoms with Crippen LogP contribution in [0.25, 0.3) is 0 Å². The molecule has 1 rings (SSSR count). The number of hydrogen-bond donors (Lipinski definition) is 1. The monoisotopic (exact) mass is 229 g/mol. The summed E-state index contributed by atoms with van der Waals surface area (Å²) in [4.78, 5) is 11.7. The average molecular weight is 230 g/mol. The minimum absolute atomic E-state index is 0.215. The van der Waals surface area contributed by atoms with E-state index in [0.29, 0.717) is 18.2 Å². The SMILES string of the molecule is CCNc1cnn(CC(C)C)c(=O)c1Cl. The van der Waals surface area contributed by atoms with Gasteiger partial charge in [0.25, 0.3) is 5.56 Å². The fourth-order valence-electron chi connectivity index (χ4n) is 1.25. The Hall–Kier alpha value is -1.03. The first-order valence-corrected chi connectivity index (χ1v) is 5.43. The lowest BCUT2D eigenvalue weighted by Crippen LogP contribution is -2.26. The van der Waals surface area contributed by atoms with E-state index in [1.165, 1.54) is 4.68 Å². The highest BCUT2D eigenvalue weighted by Crippen LogP contribution is 2.14. The van der Waals surface area contributed by atoms with Gasteiger partial charge in [-0.05, 0) is 12.8 Å². The number of aromatic nitrogens is 2. The predicted molar refractivity (Wildman–Crippen MR) is 62.5 cm³/mol. The fourth-order valence-corrected chi connectivity index (χ4v) is 1.47. The predicted octanol–water partition coefficient (Wildman–Crippen LogP) is 1.98. The molecule has 0 unspecified atom stereocenters. The second-order valence-electron chi connectivity index (χ2n) is 3.78. The molecule has 5 heteroatoms. The zero-order chi connectivity index (χ0) is 11.4. The van der Waals surface area contributed by atoms with Crippen molar-refractivity contribution >= 4 is 17.3 Å². The number of hydrogen-bond acceptors (Lipinski definition) is 3. The minimum Gasteiger partial charge on any atom is -0.383 e. The van der Waals surface area contributed by atoms with Crippen molar-refractivity contribution < 1.29 is 0 Å². The third-order valence-electron chi connectivity index (χ3n) is 1.89. The van der Waals surface area contributed by atoms with Crippen molar-refractivity contribution in [2.24, 2.45) is 5.92 Å². The number of halogens is 1. The van der Waals surface area contributed by atoms with Crippen LogP contribution in [0.2, 0.25) is 5.02 Å². The number of rotatable bonds is 4. The van der Waals surface area contributed by atoms with E-state index in [1.807, 2.05) is 20.8 Å². The molecule has 0 radical (unpaired) electrons. The van der Waals surface area contributed by atoms with Gasteiger partial charge in [-0.15, -0.1) is 0 Å². The second-order valence-corrected chi connectivity index (χ2v) is 4.16. The van der Waals surface area contributed by atoms with Gasteiger partial charge in [0.15, 0.2) is 0 Å². The minimum atomic E-state index is -0.233. The van der Waals surface area contributed by atoms with Crippen LogP contribution in [0.3, 0.4) is 0 Å². The molecule has 0 saturated heterocycles. The van der Waals surface area contributed by atoms with Crippen molar-refractivity contribution in [3.05, 3.63) is 21.6 Å². The molecule has 0 aliphatic rings. The summed E-state index contributed by atoms with van der Waals surface area (Å²) >= 11 is 5.92. The Morgan fingerprint density at radius 1 is 1.60 bits per heavy atom. The van der Waals surface area contributed by atoms with Gasteiger partial charge in [0.2, 0.25) is 0 Å². The van der Waals surface area contributed by atoms with Gasteiger partial charge in [-0.2, -0.15) is 5.10 Å². The summed E-state index contributed by atoms with van der Waals surface area (Å²) in [6, 6.07) is 0. The number of anilines is 1. The zero-order valence-electron chi connectivity index (χ0n) is 9.25. The smallest absolute Gasteiger partial charge is 0.287 e. The van der Waals surface area contributed by atoms with E-state index in [0.717, 1.165) is 6.54 Å². The van der Waals surface area contributed by atoms with Gasteiger partial charge >= 0.3 is 0 Å². The molecule has 0 aliphatic heterocycles. The van der Waals surface area contributed by atoms with Crippen LogP contribution >= 0.6 is 11.6 Å². The summed E-state index contributed by atoms with van der Waals surface area (Å²) in [5.41, 5.74) is 0.369. The normalized spacial score (nSPS) is 10.7. The Balaban J connectivity index is 3.04. The van der Waals surface area contributed by atoms with Crippen molar-refractivity contribution in [3.8, 4) is 0 Å². The van der Waals surface area contributed by atoms with E-state index in [-0.39, 0.29) is 10.6 Å². The van der Waals surface area contributed by atoms with Crippen molar-refractivity contribution in [1.82, 2.24) is 9.78 Å². The van der Waals surface area contributed by atoms with Gasteiger partial charge < -0.3 is 5.32 Å². The standard InChI is InChI=1S/C10H16ClN3O/c1-4-12-8-5-13-14(6-7(2)3)10(15)9(8)11/h5,7,12H,4,6H2,1-3H3. The largest absolute Gasteiger partial charge is 0.383 e. The highest BCUT2D eigenvalue weighted by Gasteiger charge is 2.09. The average Bonchev–Trinajstić information content (AvgIpc) is 2.17. The maximum Gasteiger partial charge on any atom is 0.287 e. The van der Waals surface area contributed by atoms with Gasteiger partial charge in [0.05, 0.1) is 11.9 Å². The maximum atomic E-state index is 11.7. The van der Waals surface area contributed by atoms with Crippen molar-refractivity contribution in [2.75, 3.05) is 11.9 Å². The highest BCUT2D eigenvalue weighted by atomic mass is 35.5. The molecule has 1 aromatic rings. The van der Waals surface area contributed by atoms with Crippen LogP contribution in [-0.2, 0) is 6.54 Å². The Morgan fingerprint density at radius 3 is 2.80 bits per heavy atom. The van der Waals surface area contributed by atoms with Crippen LogP contribution in [0.15, 0.2) is 11.0 Å². The summed E-state index contributed by atoms with van der Waals surface area (Å²) in [6.07, 6.45) is 1.59. The molecular formula is C10H16ClN3O. The lowest BCUT2D eigenvalue weighted by atomic mass is 10.2. The zero-order valence-corrected chi connectivity index (χ0v) is 10.0. The van der Waals surface area contributed by atoms with E-state index in [2.05, 4.69) is 10.4 Å². The van der Waals surface area contributed by atoms with Gasteiger partial charge in [0, 0.05) is 13.1 Å². The van der Waals surface area contributed by atoms with Crippen LogP contribution in [0.1, 0.15) is 20.8 Å². The second kappa shape index (κ2) is 5.16. The lowest BCUT2D eigenvalue weighted by Gasteiger charge is -2.10. The van der Waals surface area contributed by atoms with E-state index in [1.54, 1.807) is 6.20 Å². The summed E-state index contributed by atoms with van der Waals surface area (Å²) in [5.74, 6) is 0.372. The van der Waals surface area contributed by atoms with Crippen molar-refractivity contribution in [1.29, 1.82) is 0 Å². The molecule has 0 saturated carbocycles. The molecule has 4 nitrogen and oxygen atoms in total. The molecule has 0 aliphatic carbocycles. The number of nitrogens with zero attached hydrogens (tertiary/aromatic N) is 2. The van der Waals surface area contributed by atoms with Crippen LogP contribution < -0.4 is 10.9 Å². The van der Waals surface area contributed by atoms with Gasteiger partial charge in [-0.3, -0.25) is 4.79 Å². The molecule has 1 heterocycles. The van der Waals surface area contributed by atoms with Gasteiger partial charge in [-0.25, -0.2) is 4.68 Å². The molecule has 0 spiro atoms. The lowest BCUT2D eigenvalue weighted by molar-refractivity contribution is 0.464. The molecule has 0 bridgehead atoms. The highest BCUT2D eigenvalue weighted by molar-refractivity contribution is 6.32. The first-order valence-electron chi connectivity index (χ1n) is 5.05. The molecule has 1 aromatic heterocycles. The third kappa shape index (κ3) is 2.96. The van der Waals surface area contributed by atoms with Crippen LogP contribution in [0.4, 0.5) is 5.69 Å². The van der Waals surface area contributed by atoms with E-state index < -0.39 is 0 Å². The van der Waals surface area contributed by atoms with E-state index in [9.17, 15) is 4.79 Å². The summed E-state index contributed by atoms with van der Waals surface area (Å²) in [7, 11) is 0. The Kier molecular flexibility index (Phi) is 4.15. The fraction of sp³-hybridized carbons (Fsp3) is 0.600. The number of nitrogens with one attached hydrogen (secondary N) is 1. The summed E-state index contributed by atoms with van der Waals surface area (Å²) in [5, 5.41) is 7.26. The first-order chi connectivity index (χ1) is 7.06. The van der Waals surface area contributed by atoms with Crippen LogP contribution in [0.5, 0.6) is 0 Å². The topological polar surface area (TPSA) is 46.9 Å². The third-order valence-corrected chi connectivity index (χ3v) is 2.26. The Morgan fingerprint density at radius 2 is 2.27 bits per heavy atom. The summed E-state index contributed by atoms with van der Waals surface area (Å²) < 4.78 is 1.40. The molecule has 15 heavy (non-hydrogen) atoms. The molecule has 0 amide bonds. The summed E-state index contributed by atoms with van der Waals surface area (Å²) in [6.45, 7) is 7.30. The van der Waals surface area contributed by atoms with Gasteiger partial charge in [0.1, 0.15) is 5.02 Å². The molecule has 1 N–H and O–H groups in total. The van der Waals surface area contributed by atoms with E-state index >= 15 is 0 Å². The molecular weight excluding hydrogens is 214 g/mol. The quantitative estimate of drug-likeness (QED) is 0.859. The van der Waals surface area contributed by atoms with Crippen molar-refractivity contribution in [2.45, 2.75) is 27.3 Å². The molecule has 0 aromatic carbocycles. The molecule has 84 valence electrons. The van der Waals surface area contributed by atoms with Crippen LogP contribution in [0, 0.1) is 5.92 Å². The maximum absolute atomic E-state index is 11.7. The Bertz CT molecular complexity index is 387. The molecule has 0 fully saturated rings. The van der Waals surface area contributed by atoms with E-state index in [4.69, 9.17) is 11.6 Å². The van der Waals surface area contributed by atoms with Crippen molar-refractivity contribution in [3.63, 3.8) is 0 Å². The first kappa shape index (κ1) is 12.0. The molecule has 0 atom stereocenters. The van der Waals surface area contributed by atoms with Crippen LogP contribution in [-0.4, -0.2) is 16.3 Å².